The Labute approximate surface area is 160 Å². The number of benzene rings is 3. The monoisotopic (exact) mass is 367 g/mol. The van der Waals surface area contributed by atoms with Gasteiger partial charge in [-0.05, 0) is 42.0 Å². The number of nitrogen functional groups attached to an aromatic ring is 1. The van der Waals surface area contributed by atoms with Crippen molar-refractivity contribution in [1.29, 1.82) is 0 Å². The predicted molar refractivity (Wildman–Crippen MR) is 110 cm³/mol. The van der Waals surface area contributed by atoms with Gasteiger partial charge in [-0.15, -0.1) is 5.10 Å². The number of nitrogens with one attached hydrogen (secondary N) is 1. The van der Waals surface area contributed by atoms with Crippen molar-refractivity contribution in [2.75, 3.05) is 11.1 Å². The lowest BCUT2D eigenvalue weighted by Crippen LogP contribution is -2.01. The molecule has 0 unspecified atom stereocenters. The van der Waals surface area contributed by atoms with Crippen molar-refractivity contribution in [2.24, 2.45) is 0 Å². The zero-order valence-electron chi connectivity index (χ0n) is 14.9. The van der Waals surface area contributed by atoms with E-state index in [9.17, 15) is 0 Å². The Morgan fingerprint density at radius 2 is 1.79 bits per heavy atom. The number of fused-ring (bicyclic) bond motifs is 2. The van der Waals surface area contributed by atoms with Crippen LogP contribution in [0.3, 0.4) is 0 Å². The average Bonchev–Trinajstić information content (AvgIpc) is 3.11. The first kappa shape index (κ1) is 16.2. The molecule has 136 valence electrons. The van der Waals surface area contributed by atoms with E-state index in [0.29, 0.717) is 18.1 Å². The van der Waals surface area contributed by atoms with E-state index in [1.165, 1.54) is 11.9 Å². The van der Waals surface area contributed by atoms with Crippen molar-refractivity contribution in [1.82, 2.24) is 25.0 Å². The third kappa shape index (κ3) is 2.99. The van der Waals surface area contributed by atoms with Crippen LogP contribution in [-0.4, -0.2) is 25.0 Å². The van der Waals surface area contributed by atoms with Crippen molar-refractivity contribution >= 4 is 39.1 Å². The minimum Gasteiger partial charge on any atom is -0.399 e. The molecule has 2 aromatic heterocycles. The molecule has 0 saturated heterocycles. The minimum absolute atomic E-state index is 0.671. The highest BCUT2D eigenvalue weighted by Crippen LogP contribution is 2.26. The fourth-order valence-corrected chi connectivity index (χ4v) is 3.23. The standard InChI is InChI=1S/C21H17N7/c22-15-6-8-18-17(10-15)21(24-13-23-18)25-16-7-9-20-19(11-16)26-27-28(20)12-14-4-2-1-3-5-14/h1-11,13H,12,22H2,(H,23,24,25). The Balaban J connectivity index is 1.47. The molecular formula is C21H17N7. The Bertz CT molecular complexity index is 1280. The Kier molecular flexibility index (Phi) is 3.83. The largest absolute Gasteiger partial charge is 0.399 e. The van der Waals surface area contributed by atoms with E-state index in [-0.39, 0.29) is 0 Å². The van der Waals surface area contributed by atoms with Crippen LogP contribution >= 0.6 is 0 Å². The zero-order chi connectivity index (χ0) is 18.9. The first-order valence-corrected chi connectivity index (χ1v) is 8.91. The summed E-state index contributed by atoms with van der Waals surface area (Å²) in [5, 5.41) is 12.8. The van der Waals surface area contributed by atoms with Crippen LogP contribution in [0.5, 0.6) is 0 Å². The molecule has 0 aliphatic rings. The van der Waals surface area contributed by atoms with Gasteiger partial charge in [0.15, 0.2) is 0 Å². The summed E-state index contributed by atoms with van der Waals surface area (Å²) in [4.78, 5) is 8.65. The Hall–Kier alpha value is -4.00. The molecule has 0 amide bonds. The average molecular weight is 367 g/mol. The normalized spacial score (nSPS) is 11.1. The van der Waals surface area contributed by atoms with Gasteiger partial charge in [0, 0.05) is 16.8 Å². The van der Waals surface area contributed by atoms with E-state index in [1.807, 2.05) is 59.3 Å². The van der Waals surface area contributed by atoms with Gasteiger partial charge >= 0.3 is 0 Å². The smallest absolute Gasteiger partial charge is 0.141 e. The van der Waals surface area contributed by atoms with Crippen molar-refractivity contribution in [3.8, 4) is 0 Å². The lowest BCUT2D eigenvalue weighted by atomic mass is 10.2. The van der Waals surface area contributed by atoms with Crippen molar-refractivity contribution in [2.45, 2.75) is 6.54 Å². The lowest BCUT2D eigenvalue weighted by Gasteiger charge is -2.09. The molecule has 3 N–H and O–H groups in total. The first-order valence-electron chi connectivity index (χ1n) is 8.91. The number of aromatic nitrogens is 5. The fourth-order valence-electron chi connectivity index (χ4n) is 3.23. The van der Waals surface area contributed by atoms with Crippen molar-refractivity contribution in [3.05, 3.63) is 78.6 Å². The summed E-state index contributed by atoms with van der Waals surface area (Å²) in [5.41, 5.74) is 11.3. The van der Waals surface area contributed by atoms with Gasteiger partial charge in [0.25, 0.3) is 0 Å². The SMILES string of the molecule is Nc1ccc2ncnc(Nc3ccc4c(c3)nnn4Cc3ccccc3)c2c1. The van der Waals surface area contributed by atoms with Crippen molar-refractivity contribution in [3.63, 3.8) is 0 Å². The zero-order valence-corrected chi connectivity index (χ0v) is 14.9. The molecule has 0 spiro atoms. The molecule has 0 saturated carbocycles. The number of rotatable bonds is 4. The maximum atomic E-state index is 5.92. The number of nitrogens with zero attached hydrogens (tertiary/aromatic N) is 5. The van der Waals surface area contributed by atoms with Gasteiger partial charge in [-0.3, -0.25) is 0 Å². The topological polar surface area (TPSA) is 94.5 Å². The lowest BCUT2D eigenvalue weighted by molar-refractivity contribution is 0.670. The third-order valence-corrected chi connectivity index (χ3v) is 4.61. The number of hydrogen-bond donors (Lipinski definition) is 2. The summed E-state index contributed by atoms with van der Waals surface area (Å²) in [6.45, 7) is 0.680. The van der Waals surface area contributed by atoms with Gasteiger partial charge in [0.05, 0.1) is 17.6 Å². The van der Waals surface area contributed by atoms with Crippen LogP contribution in [0.4, 0.5) is 17.2 Å². The van der Waals surface area contributed by atoms with Gasteiger partial charge in [-0.1, -0.05) is 35.5 Å². The van der Waals surface area contributed by atoms with Gasteiger partial charge < -0.3 is 11.1 Å². The molecule has 7 heteroatoms. The van der Waals surface area contributed by atoms with E-state index in [2.05, 4.69) is 37.7 Å². The summed E-state index contributed by atoms with van der Waals surface area (Å²) in [5.74, 6) is 0.702. The molecule has 2 heterocycles. The highest BCUT2D eigenvalue weighted by Gasteiger charge is 2.09. The number of anilines is 3. The van der Waals surface area contributed by atoms with Gasteiger partial charge in [0.1, 0.15) is 17.7 Å². The Morgan fingerprint density at radius 1 is 0.893 bits per heavy atom. The fraction of sp³-hybridized carbons (Fsp3) is 0.0476. The van der Waals surface area contributed by atoms with E-state index in [1.54, 1.807) is 0 Å². The Morgan fingerprint density at radius 3 is 2.68 bits per heavy atom. The van der Waals surface area contributed by atoms with E-state index < -0.39 is 0 Å². The maximum absolute atomic E-state index is 5.92. The van der Waals surface area contributed by atoms with Crippen LogP contribution in [0, 0.1) is 0 Å². The van der Waals surface area contributed by atoms with Crippen LogP contribution in [0.2, 0.25) is 0 Å². The molecule has 7 nitrogen and oxygen atoms in total. The van der Waals surface area contributed by atoms with E-state index >= 15 is 0 Å². The molecule has 0 aliphatic heterocycles. The summed E-state index contributed by atoms with van der Waals surface area (Å²) in [6, 6.07) is 21.8. The minimum atomic E-state index is 0.671. The summed E-state index contributed by atoms with van der Waals surface area (Å²) in [6.07, 6.45) is 1.54. The van der Waals surface area contributed by atoms with E-state index in [4.69, 9.17) is 5.73 Å². The summed E-state index contributed by atoms with van der Waals surface area (Å²) >= 11 is 0. The number of hydrogen-bond acceptors (Lipinski definition) is 6. The predicted octanol–water partition coefficient (Wildman–Crippen LogP) is 3.75. The molecule has 0 fully saturated rings. The maximum Gasteiger partial charge on any atom is 0.141 e. The quantitative estimate of drug-likeness (QED) is 0.470. The number of nitrogens with two attached hydrogens (primary N) is 1. The van der Waals surface area contributed by atoms with Crippen LogP contribution in [0.25, 0.3) is 21.9 Å². The molecule has 0 bridgehead atoms. The third-order valence-electron chi connectivity index (χ3n) is 4.61. The molecule has 0 radical (unpaired) electrons. The molecule has 5 rings (SSSR count). The van der Waals surface area contributed by atoms with Gasteiger partial charge in [-0.2, -0.15) is 0 Å². The first-order chi connectivity index (χ1) is 13.8. The molecule has 5 aromatic rings. The summed E-state index contributed by atoms with van der Waals surface area (Å²) in [7, 11) is 0. The molecule has 3 aromatic carbocycles. The highest BCUT2D eigenvalue weighted by molar-refractivity contribution is 5.93. The van der Waals surface area contributed by atoms with Crippen LogP contribution in [0.15, 0.2) is 73.1 Å². The van der Waals surface area contributed by atoms with Gasteiger partial charge in [0.2, 0.25) is 0 Å². The molecular weight excluding hydrogens is 350 g/mol. The van der Waals surface area contributed by atoms with E-state index in [0.717, 1.165) is 27.6 Å². The van der Waals surface area contributed by atoms with Crippen LogP contribution in [-0.2, 0) is 6.54 Å². The van der Waals surface area contributed by atoms with Crippen LogP contribution < -0.4 is 11.1 Å². The van der Waals surface area contributed by atoms with Gasteiger partial charge in [-0.25, -0.2) is 14.6 Å². The van der Waals surface area contributed by atoms with Crippen LogP contribution in [0.1, 0.15) is 5.56 Å². The summed E-state index contributed by atoms with van der Waals surface area (Å²) < 4.78 is 1.90. The van der Waals surface area contributed by atoms with Crippen molar-refractivity contribution < 1.29 is 0 Å². The molecule has 28 heavy (non-hydrogen) atoms. The second-order valence-corrected chi connectivity index (χ2v) is 6.56. The molecule has 0 aliphatic carbocycles. The highest BCUT2D eigenvalue weighted by atomic mass is 15.4. The second kappa shape index (κ2) is 6.62. The second-order valence-electron chi connectivity index (χ2n) is 6.56. The molecule has 0 atom stereocenters.